The maximum Gasteiger partial charge on any atom is 0.336 e. The average molecular weight is 636 g/mol. The predicted octanol–water partition coefficient (Wildman–Crippen LogP) is 5.97. The first kappa shape index (κ1) is 30.6. The van der Waals surface area contributed by atoms with Crippen molar-refractivity contribution in [2.75, 3.05) is 19.0 Å². The fourth-order valence-corrected chi connectivity index (χ4v) is 6.02. The van der Waals surface area contributed by atoms with Crippen LogP contribution in [0.4, 0.5) is 5.82 Å². The molecule has 12 heteroatoms. The third kappa shape index (κ3) is 5.61. The lowest BCUT2D eigenvalue weighted by atomic mass is 9.74. The van der Waals surface area contributed by atoms with Gasteiger partial charge in [0.25, 0.3) is 0 Å². The molecule has 1 N–H and O–H groups in total. The molecule has 0 saturated carbocycles. The molecule has 3 aromatic heterocycles. The first-order chi connectivity index (χ1) is 22.3. The van der Waals surface area contributed by atoms with E-state index < -0.39 is 17.8 Å². The van der Waals surface area contributed by atoms with Gasteiger partial charge in [0.1, 0.15) is 18.0 Å². The molecule has 6 rings (SSSR count). The van der Waals surface area contributed by atoms with E-state index in [9.17, 15) is 9.59 Å². The number of carbonyl (C=O) groups excluding carboxylic acids is 2. The number of nitrogens with one attached hydrogen (secondary N) is 1. The van der Waals surface area contributed by atoms with Gasteiger partial charge in [-0.15, -0.1) is 0 Å². The van der Waals surface area contributed by atoms with Crippen molar-refractivity contribution >= 4 is 51.9 Å². The third-order valence-corrected chi connectivity index (χ3v) is 8.09. The van der Waals surface area contributed by atoms with E-state index in [1.165, 1.54) is 13.4 Å². The number of ether oxygens (including phenoxy) is 2. The molecule has 4 heterocycles. The summed E-state index contributed by atoms with van der Waals surface area (Å²) in [5.74, 6) is -1.18. The Balaban J connectivity index is 1.49. The van der Waals surface area contributed by atoms with Crippen molar-refractivity contribution < 1.29 is 19.1 Å². The molecule has 0 fully saturated rings. The summed E-state index contributed by atoms with van der Waals surface area (Å²) in [6.07, 6.45) is 3.02. The number of amides is 1. The molecule has 0 radical (unpaired) electrons. The molecule has 1 aliphatic heterocycles. The first-order valence-electron chi connectivity index (χ1n) is 14.6. The fraction of sp³-hybridized carbons (Fsp3) is 0.206. The van der Waals surface area contributed by atoms with Crippen molar-refractivity contribution in [1.82, 2.24) is 24.5 Å². The third-order valence-electron chi connectivity index (χ3n) is 7.74. The largest absolute Gasteiger partial charge is 0.479 e. The Bertz CT molecular complexity index is 2010. The standard InChI is InChI=1S/C34H30ClN7O4/c1-5-46-34(44)28-27(23-10-6-7-11-24(23)35)26(32(43)41-25-12-8-9-17-36-25)19(2)39-29(28)21-13-15-22(16-14-21)42-20(3)40-30-31(42)37-18-38-33(30)45-4/h6-18,26-27H,5H2,1-4H3,(H,36,41,43). The van der Waals surface area contributed by atoms with Gasteiger partial charge in [-0.1, -0.05) is 48.0 Å². The van der Waals surface area contributed by atoms with Crippen LogP contribution >= 0.6 is 11.6 Å². The molecule has 46 heavy (non-hydrogen) atoms. The van der Waals surface area contributed by atoms with Crippen molar-refractivity contribution in [3.8, 4) is 11.6 Å². The van der Waals surface area contributed by atoms with E-state index in [2.05, 4.69) is 25.3 Å². The number of halogens is 1. The Hall–Kier alpha value is -5.42. The second-order valence-electron chi connectivity index (χ2n) is 10.5. The minimum absolute atomic E-state index is 0.135. The molecular weight excluding hydrogens is 606 g/mol. The van der Waals surface area contributed by atoms with Gasteiger partial charge in [0, 0.05) is 34.1 Å². The number of imidazole rings is 1. The summed E-state index contributed by atoms with van der Waals surface area (Å²) in [7, 11) is 1.54. The Morgan fingerprint density at radius 2 is 1.74 bits per heavy atom. The minimum atomic E-state index is -0.876. The molecule has 11 nitrogen and oxygen atoms in total. The zero-order chi connectivity index (χ0) is 32.4. The van der Waals surface area contributed by atoms with Crippen LogP contribution in [0.15, 0.2) is 89.8 Å². The highest BCUT2D eigenvalue weighted by molar-refractivity contribution is 6.31. The van der Waals surface area contributed by atoms with Crippen LogP contribution in [0.3, 0.4) is 0 Å². The molecule has 2 aromatic carbocycles. The molecule has 232 valence electrons. The van der Waals surface area contributed by atoms with Crippen LogP contribution in [0.25, 0.3) is 22.5 Å². The molecule has 0 saturated heterocycles. The van der Waals surface area contributed by atoms with Gasteiger partial charge in [-0.3, -0.25) is 14.4 Å². The molecule has 1 amide bonds. The molecule has 5 aromatic rings. The van der Waals surface area contributed by atoms with Crippen LogP contribution in [0, 0.1) is 12.8 Å². The van der Waals surface area contributed by atoms with E-state index in [4.69, 9.17) is 26.1 Å². The van der Waals surface area contributed by atoms with Gasteiger partial charge < -0.3 is 14.8 Å². The van der Waals surface area contributed by atoms with E-state index >= 15 is 0 Å². The minimum Gasteiger partial charge on any atom is -0.479 e. The lowest BCUT2D eigenvalue weighted by Crippen LogP contribution is -2.38. The van der Waals surface area contributed by atoms with Gasteiger partial charge in [-0.2, -0.15) is 4.98 Å². The highest BCUT2D eigenvalue weighted by atomic mass is 35.5. The van der Waals surface area contributed by atoms with E-state index in [-0.39, 0.29) is 18.1 Å². The molecule has 0 bridgehead atoms. The number of rotatable bonds is 8. The zero-order valence-electron chi connectivity index (χ0n) is 25.6. The van der Waals surface area contributed by atoms with Crippen LogP contribution in [0.5, 0.6) is 5.88 Å². The maximum absolute atomic E-state index is 13.9. The molecule has 0 aliphatic carbocycles. The number of hydrogen-bond acceptors (Lipinski definition) is 9. The lowest BCUT2D eigenvalue weighted by Gasteiger charge is -2.33. The van der Waals surface area contributed by atoms with Crippen molar-refractivity contribution in [1.29, 1.82) is 0 Å². The Morgan fingerprint density at radius 3 is 2.43 bits per heavy atom. The molecule has 2 atom stereocenters. The molecule has 1 aliphatic rings. The second kappa shape index (κ2) is 12.9. The van der Waals surface area contributed by atoms with Crippen LogP contribution < -0.4 is 10.1 Å². The lowest BCUT2D eigenvalue weighted by molar-refractivity contribution is -0.138. The van der Waals surface area contributed by atoms with Gasteiger partial charge in [0.2, 0.25) is 11.8 Å². The Kier molecular flexibility index (Phi) is 8.58. The smallest absolute Gasteiger partial charge is 0.336 e. The Labute approximate surface area is 270 Å². The average Bonchev–Trinajstić information content (AvgIpc) is 3.40. The topological polar surface area (TPSA) is 133 Å². The highest BCUT2D eigenvalue weighted by Gasteiger charge is 2.43. The van der Waals surface area contributed by atoms with Crippen LogP contribution in [0.1, 0.15) is 36.7 Å². The molecule has 0 spiro atoms. The summed E-state index contributed by atoms with van der Waals surface area (Å²) in [5.41, 5.74) is 4.31. The molecular formula is C34H30ClN7O4. The van der Waals surface area contributed by atoms with Gasteiger partial charge >= 0.3 is 5.97 Å². The van der Waals surface area contributed by atoms with Crippen LogP contribution in [-0.4, -0.2) is 55.8 Å². The van der Waals surface area contributed by atoms with Crippen LogP contribution in [0.2, 0.25) is 5.02 Å². The van der Waals surface area contributed by atoms with Gasteiger partial charge in [0.05, 0.1) is 30.9 Å². The number of aryl methyl sites for hydroxylation is 1. The number of pyridine rings is 1. The van der Waals surface area contributed by atoms with Crippen molar-refractivity contribution in [2.45, 2.75) is 26.7 Å². The summed E-state index contributed by atoms with van der Waals surface area (Å²) in [6.45, 7) is 5.51. The number of nitrogens with zero attached hydrogens (tertiary/aromatic N) is 6. The molecule has 2 unspecified atom stereocenters. The monoisotopic (exact) mass is 635 g/mol. The number of aliphatic imine (C=N–C) groups is 1. The SMILES string of the molecule is CCOC(=O)C1=C(c2ccc(-n3c(C)nc4c(OC)ncnc43)cc2)N=C(C)C(C(=O)Nc2ccccn2)C1c1ccccc1Cl. The quantitative estimate of drug-likeness (QED) is 0.206. The number of fused-ring (bicyclic) bond motifs is 1. The van der Waals surface area contributed by atoms with E-state index in [0.29, 0.717) is 56.2 Å². The number of esters is 1. The number of methoxy groups -OCH3 is 1. The number of anilines is 1. The zero-order valence-corrected chi connectivity index (χ0v) is 26.3. The Morgan fingerprint density at radius 1 is 0.978 bits per heavy atom. The van der Waals surface area contributed by atoms with Crippen LogP contribution in [-0.2, 0) is 14.3 Å². The maximum atomic E-state index is 13.9. The number of aromatic nitrogens is 5. The van der Waals surface area contributed by atoms with E-state index in [1.54, 1.807) is 50.4 Å². The second-order valence-corrected chi connectivity index (χ2v) is 10.9. The van der Waals surface area contributed by atoms with Gasteiger partial charge in [-0.25, -0.2) is 19.7 Å². The summed E-state index contributed by atoms with van der Waals surface area (Å²) in [6, 6.07) is 19.9. The number of benzene rings is 2. The fourth-order valence-electron chi connectivity index (χ4n) is 5.77. The highest BCUT2D eigenvalue weighted by Crippen LogP contribution is 2.45. The normalized spacial score (nSPS) is 16.2. The summed E-state index contributed by atoms with van der Waals surface area (Å²) in [5, 5.41) is 3.29. The van der Waals surface area contributed by atoms with Gasteiger partial charge in [-0.05, 0) is 56.7 Å². The van der Waals surface area contributed by atoms with Gasteiger partial charge in [0.15, 0.2) is 11.2 Å². The van der Waals surface area contributed by atoms with E-state index in [0.717, 1.165) is 5.69 Å². The van der Waals surface area contributed by atoms with Crippen molar-refractivity contribution in [3.63, 3.8) is 0 Å². The van der Waals surface area contributed by atoms with Crippen molar-refractivity contribution in [2.24, 2.45) is 10.9 Å². The van der Waals surface area contributed by atoms with E-state index in [1.807, 2.05) is 47.9 Å². The number of hydrogen-bond donors (Lipinski definition) is 1. The first-order valence-corrected chi connectivity index (χ1v) is 15.0. The summed E-state index contributed by atoms with van der Waals surface area (Å²) in [4.78, 5) is 50.1. The summed E-state index contributed by atoms with van der Waals surface area (Å²) >= 11 is 6.75. The predicted molar refractivity (Wildman–Crippen MR) is 175 cm³/mol. The summed E-state index contributed by atoms with van der Waals surface area (Å²) < 4.78 is 12.9. The van der Waals surface area contributed by atoms with Crippen molar-refractivity contribution in [3.05, 3.63) is 107 Å². The number of carbonyl (C=O) groups is 2.